The monoisotopic (exact) mass is 280 g/mol. The molecule has 0 aromatic carbocycles. The molecule has 7 heteroatoms. The van der Waals surface area contributed by atoms with Gasteiger partial charge in [-0.25, -0.2) is 0 Å². The Bertz CT molecular complexity index is 435. The summed E-state index contributed by atoms with van der Waals surface area (Å²) in [6.45, 7) is 8.27. The molecule has 1 saturated heterocycles. The minimum Gasteiger partial charge on any atom is -0.378 e. The van der Waals surface area contributed by atoms with Crippen LogP contribution < -0.4 is 15.5 Å². The smallest absolute Gasteiger partial charge is 0.232 e. The van der Waals surface area contributed by atoms with Crippen molar-refractivity contribution < 1.29 is 4.74 Å². The second-order valence-corrected chi connectivity index (χ2v) is 5.29. The maximum atomic E-state index is 5.82. The number of ether oxygens (including phenoxy) is 1. The Balaban J connectivity index is 2.15. The summed E-state index contributed by atoms with van der Waals surface area (Å²) >= 11 is 0. The summed E-state index contributed by atoms with van der Waals surface area (Å²) in [5.74, 6) is 2.14. The molecular formula is C13H24N6O. The van der Waals surface area contributed by atoms with E-state index in [1.807, 2.05) is 11.9 Å². The van der Waals surface area contributed by atoms with Gasteiger partial charge < -0.3 is 20.3 Å². The maximum absolute atomic E-state index is 5.82. The lowest BCUT2D eigenvalue weighted by molar-refractivity contribution is 0.122. The molecule has 2 rings (SSSR count). The SMILES string of the molecule is CCC(C)CN(C)c1nc(N)nc(N2CCOCC2)n1. The molecule has 1 aliphatic rings. The molecule has 0 saturated carbocycles. The molecule has 1 aromatic rings. The van der Waals surface area contributed by atoms with Crippen LogP contribution >= 0.6 is 0 Å². The molecule has 1 aliphatic heterocycles. The third kappa shape index (κ3) is 3.69. The van der Waals surface area contributed by atoms with Gasteiger partial charge in [-0.2, -0.15) is 15.0 Å². The lowest BCUT2D eigenvalue weighted by Crippen LogP contribution is -2.38. The highest BCUT2D eigenvalue weighted by molar-refractivity contribution is 5.43. The van der Waals surface area contributed by atoms with Crippen molar-refractivity contribution in [2.24, 2.45) is 5.92 Å². The lowest BCUT2D eigenvalue weighted by atomic mass is 10.1. The average Bonchev–Trinajstić information content (AvgIpc) is 2.47. The minimum absolute atomic E-state index is 0.271. The van der Waals surface area contributed by atoms with Gasteiger partial charge in [0.1, 0.15) is 0 Å². The van der Waals surface area contributed by atoms with Crippen LogP contribution in [0.25, 0.3) is 0 Å². The first kappa shape index (κ1) is 14.8. The van der Waals surface area contributed by atoms with Gasteiger partial charge in [-0.1, -0.05) is 20.3 Å². The fourth-order valence-corrected chi connectivity index (χ4v) is 2.12. The second-order valence-electron chi connectivity index (χ2n) is 5.29. The molecule has 0 radical (unpaired) electrons. The molecule has 7 nitrogen and oxygen atoms in total. The van der Waals surface area contributed by atoms with Gasteiger partial charge in [0.2, 0.25) is 17.8 Å². The zero-order valence-electron chi connectivity index (χ0n) is 12.5. The molecule has 1 unspecified atom stereocenters. The summed E-state index contributed by atoms with van der Waals surface area (Å²) in [6.07, 6.45) is 1.13. The molecule has 2 heterocycles. The van der Waals surface area contributed by atoms with Crippen LogP contribution in [0.4, 0.5) is 17.8 Å². The highest BCUT2D eigenvalue weighted by atomic mass is 16.5. The van der Waals surface area contributed by atoms with Crippen LogP contribution in [-0.2, 0) is 4.74 Å². The molecule has 1 fully saturated rings. The van der Waals surface area contributed by atoms with E-state index in [4.69, 9.17) is 10.5 Å². The minimum atomic E-state index is 0.271. The van der Waals surface area contributed by atoms with E-state index in [1.165, 1.54) is 0 Å². The first-order valence-electron chi connectivity index (χ1n) is 7.15. The van der Waals surface area contributed by atoms with E-state index in [1.54, 1.807) is 0 Å². The van der Waals surface area contributed by atoms with Crippen LogP contribution in [0, 0.1) is 5.92 Å². The standard InChI is InChI=1S/C13H24N6O/c1-4-10(2)9-18(3)12-15-11(14)16-13(17-12)19-5-7-20-8-6-19/h10H,4-9H2,1-3H3,(H2,14,15,16,17). The van der Waals surface area contributed by atoms with Crippen molar-refractivity contribution in [2.75, 3.05) is 55.4 Å². The summed E-state index contributed by atoms with van der Waals surface area (Å²) in [6, 6.07) is 0. The van der Waals surface area contributed by atoms with E-state index in [2.05, 4.69) is 33.7 Å². The van der Waals surface area contributed by atoms with Crippen molar-refractivity contribution in [2.45, 2.75) is 20.3 Å². The third-order valence-corrected chi connectivity index (χ3v) is 3.55. The van der Waals surface area contributed by atoms with E-state index < -0.39 is 0 Å². The number of nitrogen functional groups attached to an aromatic ring is 1. The normalized spacial score (nSPS) is 17.1. The molecule has 0 bridgehead atoms. The van der Waals surface area contributed by atoms with Crippen LogP contribution in [0.15, 0.2) is 0 Å². The zero-order valence-corrected chi connectivity index (χ0v) is 12.5. The predicted molar refractivity (Wildman–Crippen MR) is 80.0 cm³/mol. The number of nitrogens with two attached hydrogens (primary N) is 1. The Hall–Kier alpha value is -1.63. The summed E-state index contributed by atoms with van der Waals surface area (Å²) < 4.78 is 5.34. The third-order valence-electron chi connectivity index (χ3n) is 3.55. The molecule has 0 aliphatic carbocycles. The number of morpholine rings is 1. The van der Waals surface area contributed by atoms with Crippen LogP contribution in [0.2, 0.25) is 0 Å². The topological polar surface area (TPSA) is 80.4 Å². The Morgan fingerprint density at radius 3 is 2.65 bits per heavy atom. The second kappa shape index (κ2) is 6.69. The van der Waals surface area contributed by atoms with Gasteiger partial charge in [0.05, 0.1) is 13.2 Å². The van der Waals surface area contributed by atoms with Gasteiger partial charge in [0, 0.05) is 26.7 Å². The first-order valence-corrected chi connectivity index (χ1v) is 7.15. The molecule has 1 aromatic heterocycles. The molecule has 112 valence electrons. The van der Waals surface area contributed by atoms with Gasteiger partial charge in [0.25, 0.3) is 0 Å². The average molecular weight is 280 g/mol. The molecule has 2 N–H and O–H groups in total. The van der Waals surface area contributed by atoms with E-state index >= 15 is 0 Å². The quantitative estimate of drug-likeness (QED) is 0.853. The molecule has 1 atom stereocenters. The number of hydrogen-bond donors (Lipinski definition) is 1. The van der Waals surface area contributed by atoms with E-state index in [-0.39, 0.29) is 5.95 Å². The van der Waals surface area contributed by atoms with Gasteiger partial charge in [-0.3, -0.25) is 0 Å². The lowest BCUT2D eigenvalue weighted by Gasteiger charge is -2.28. The number of hydrogen-bond acceptors (Lipinski definition) is 7. The van der Waals surface area contributed by atoms with Crippen molar-refractivity contribution in [3.8, 4) is 0 Å². The Morgan fingerprint density at radius 1 is 1.30 bits per heavy atom. The van der Waals surface area contributed by atoms with Gasteiger partial charge in [-0.05, 0) is 5.92 Å². The molecule has 0 spiro atoms. The van der Waals surface area contributed by atoms with Crippen molar-refractivity contribution in [1.82, 2.24) is 15.0 Å². The summed E-state index contributed by atoms with van der Waals surface area (Å²) in [5, 5.41) is 0. The van der Waals surface area contributed by atoms with Crippen molar-refractivity contribution >= 4 is 17.8 Å². The summed E-state index contributed by atoms with van der Waals surface area (Å²) in [4.78, 5) is 17.1. The van der Waals surface area contributed by atoms with Gasteiger partial charge in [0.15, 0.2) is 0 Å². The number of rotatable bonds is 5. The summed E-state index contributed by atoms with van der Waals surface area (Å²) in [5.41, 5.74) is 5.82. The van der Waals surface area contributed by atoms with E-state index in [9.17, 15) is 0 Å². The summed E-state index contributed by atoms with van der Waals surface area (Å²) in [7, 11) is 1.99. The van der Waals surface area contributed by atoms with Crippen molar-refractivity contribution in [3.63, 3.8) is 0 Å². The highest BCUT2D eigenvalue weighted by Crippen LogP contribution is 2.16. The van der Waals surface area contributed by atoms with Gasteiger partial charge in [-0.15, -0.1) is 0 Å². The largest absolute Gasteiger partial charge is 0.378 e. The molecule has 0 amide bonds. The molecule has 20 heavy (non-hydrogen) atoms. The first-order chi connectivity index (χ1) is 9.60. The van der Waals surface area contributed by atoms with Crippen LogP contribution in [0.5, 0.6) is 0 Å². The van der Waals surface area contributed by atoms with Gasteiger partial charge >= 0.3 is 0 Å². The van der Waals surface area contributed by atoms with Crippen LogP contribution in [-0.4, -0.2) is 54.8 Å². The Morgan fingerprint density at radius 2 is 2.00 bits per heavy atom. The highest BCUT2D eigenvalue weighted by Gasteiger charge is 2.17. The molecular weight excluding hydrogens is 256 g/mol. The number of anilines is 3. The predicted octanol–water partition coefficient (Wildman–Crippen LogP) is 0.773. The maximum Gasteiger partial charge on any atom is 0.232 e. The Kier molecular flexibility index (Phi) is 4.94. The van der Waals surface area contributed by atoms with Crippen molar-refractivity contribution in [3.05, 3.63) is 0 Å². The van der Waals surface area contributed by atoms with Crippen molar-refractivity contribution in [1.29, 1.82) is 0 Å². The van der Waals surface area contributed by atoms with Crippen LogP contribution in [0.1, 0.15) is 20.3 Å². The zero-order chi connectivity index (χ0) is 14.5. The van der Waals surface area contributed by atoms with E-state index in [0.29, 0.717) is 31.0 Å². The Labute approximate surface area is 120 Å². The fourth-order valence-electron chi connectivity index (χ4n) is 2.12. The number of aromatic nitrogens is 3. The van der Waals surface area contributed by atoms with Crippen LogP contribution in [0.3, 0.4) is 0 Å². The fraction of sp³-hybridized carbons (Fsp3) is 0.769. The van der Waals surface area contributed by atoms with E-state index in [0.717, 1.165) is 26.1 Å². The number of nitrogens with zero attached hydrogens (tertiary/aromatic N) is 5.